The lowest BCUT2D eigenvalue weighted by atomic mass is 10.1. The van der Waals surface area contributed by atoms with Crippen molar-refractivity contribution in [2.75, 3.05) is 12.1 Å². The van der Waals surface area contributed by atoms with Crippen LogP contribution >= 0.6 is 0 Å². The zero-order valence-electron chi connectivity index (χ0n) is 15.8. The van der Waals surface area contributed by atoms with E-state index in [1.807, 2.05) is 32.9 Å². The molecule has 0 bridgehead atoms. The fourth-order valence-corrected chi connectivity index (χ4v) is 2.72. The highest BCUT2D eigenvalue weighted by atomic mass is 16.5. The number of carbonyl (C=O) groups excluding carboxylic acids is 2. The topological polar surface area (TPSA) is 67.9 Å². The van der Waals surface area contributed by atoms with Gasteiger partial charge >= 0.3 is 0 Å². The summed E-state index contributed by atoms with van der Waals surface area (Å²) < 4.78 is 11.0. The van der Waals surface area contributed by atoms with Crippen LogP contribution in [0.4, 0.5) is 5.69 Å². The second-order valence-electron chi connectivity index (χ2n) is 6.55. The first-order chi connectivity index (χ1) is 12.9. The molecule has 0 atom stereocenters. The van der Waals surface area contributed by atoms with Crippen LogP contribution in [0.3, 0.4) is 0 Å². The maximum absolute atomic E-state index is 12.7. The van der Waals surface area contributed by atoms with Gasteiger partial charge in [0.1, 0.15) is 5.57 Å². The van der Waals surface area contributed by atoms with Gasteiger partial charge in [-0.2, -0.15) is 0 Å². The average molecular weight is 366 g/mol. The zero-order chi connectivity index (χ0) is 19.6. The number of nitrogens with zero attached hydrogens (tertiary/aromatic N) is 1. The summed E-state index contributed by atoms with van der Waals surface area (Å²) in [7, 11) is 1.55. The van der Waals surface area contributed by atoms with E-state index in [1.165, 1.54) is 5.01 Å². The van der Waals surface area contributed by atoms with Crippen molar-refractivity contribution in [1.29, 1.82) is 0 Å². The van der Waals surface area contributed by atoms with Crippen LogP contribution in [0.25, 0.3) is 6.08 Å². The van der Waals surface area contributed by atoms with E-state index in [9.17, 15) is 9.59 Å². The molecule has 6 nitrogen and oxygen atoms in total. The van der Waals surface area contributed by atoms with Gasteiger partial charge in [0.2, 0.25) is 0 Å². The van der Waals surface area contributed by atoms with Crippen molar-refractivity contribution in [1.82, 2.24) is 5.43 Å². The number of ether oxygens (including phenoxy) is 2. The summed E-state index contributed by atoms with van der Waals surface area (Å²) in [5.41, 5.74) is 5.02. The number of anilines is 1. The van der Waals surface area contributed by atoms with E-state index >= 15 is 0 Å². The Balaban J connectivity index is 1.89. The number of hydrogen-bond acceptors (Lipinski definition) is 4. The summed E-state index contributed by atoms with van der Waals surface area (Å²) in [6.45, 7) is 5.81. The number of benzene rings is 2. The van der Waals surface area contributed by atoms with Gasteiger partial charge in [-0.05, 0) is 56.7 Å². The fourth-order valence-electron chi connectivity index (χ4n) is 2.72. The van der Waals surface area contributed by atoms with E-state index in [1.54, 1.807) is 43.5 Å². The first-order valence-corrected chi connectivity index (χ1v) is 8.67. The van der Waals surface area contributed by atoms with E-state index in [4.69, 9.17) is 9.47 Å². The highest BCUT2D eigenvalue weighted by molar-refractivity contribution is 6.31. The minimum Gasteiger partial charge on any atom is -0.493 e. The third kappa shape index (κ3) is 3.95. The van der Waals surface area contributed by atoms with Crippen molar-refractivity contribution < 1.29 is 19.1 Å². The molecule has 0 saturated carbocycles. The van der Waals surface area contributed by atoms with Gasteiger partial charge in [-0.25, -0.2) is 5.01 Å². The smallest absolute Gasteiger partial charge is 0.282 e. The summed E-state index contributed by atoms with van der Waals surface area (Å²) >= 11 is 0. The summed E-state index contributed by atoms with van der Waals surface area (Å²) in [6, 6.07) is 12.6. The Morgan fingerprint density at radius 1 is 1.04 bits per heavy atom. The molecule has 1 heterocycles. The predicted molar refractivity (Wildman–Crippen MR) is 104 cm³/mol. The maximum Gasteiger partial charge on any atom is 0.282 e. The first kappa shape index (κ1) is 18.5. The minimum absolute atomic E-state index is 0.00774. The molecule has 1 saturated heterocycles. The molecule has 27 heavy (non-hydrogen) atoms. The minimum atomic E-state index is -0.443. The normalized spacial score (nSPS) is 15.4. The number of rotatable bonds is 5. The maximum atomic E-state index is 12.7. The van der Waals surface area contributed by atoms with Crippen molar-refractivity contribution in [3.05, 3.63) is 59.2 Å². The van der Waals surface area contributed by atoms with Crippen LogP contribution < -0.4 is 19.9 Å². The number of hydrogen-bond donors (Lipinski definition) is 1. The van der Waals surface area contributed by atoms with Crippen LogP contribution in [0.15, 0.2) is 48.0 Å². The molecule has 0 spiro atoms. The fraction of sp³-hybridized carbons (Fsp3) is 0.238. The van der Waals surface area contributed by atoms with Crippen LogP contribution in [0.5, 0.6) is 11.5 Å². The van der Waals surface area contributed by atoms with Gasteiger partial charge in [-0.15, -0.1) is 0 Å². The molecule has 140 valence electrons. The van der Waals surface area contributed by atoms with Gasteiger partial charge < -0.3 is 9.47 Å². The Morgan fingerprint density at radius 3 is 2.37 bits per heavy atom. The Kier molecular flexibility index (Phi) is 5.16. The predicted octanol–water partition coefficient (Wildman–Crippen LogP) is 3.25. The van der Waals surface area contributed by atoms with E-state index in [-0.39, 0.29) is 11.7 Å². The van der Waals surface area contributed by atoms with E-state index in [0.29, 0.717) is 22.7 Å². The summed E-state index contributed by atoms with van der Waals surface area (Å²) in [6.07, 6.45) is 1.56. The highest BCUT2D eigenvalue weighted by Crippen LogP contribution is 2.30. The van der Waals surface area contributed by atoms with Crippen LogP contribution in [0.2, 0.25) is 0 Å². The average Bonchev–Trinajstić information content (AvgIpc) is 2.91. The lowest BCUT2D eigenvalue weighted by Crippen LogP contribution is -2.35. The number of aryl methyl sites for hydroxylation is 1. The Bertz CT molecular complexity index is 901. The molecule has 0 aromatic heterocycles. The molecular formula is C21H22N2O4. The van der Waals surface area contributed by atoms with Crippen LogP contribution in [0.1, 0.15) is 25.0 Å². The molecule has 1 N–H and O–H groups in total. The van der Waals surface area contributed by atoms with Gasteiger partial charge in [-0.1, -0.05) is 23.8 Å². The Morgan fingerprint density at radius 2 is 1.74 bits per heavy atom. The molecule has 0 aliphatic carbocycles. The molecule has 1 aliphatic heterocycles. The zero-order valence-corrected chi connectivity index (χ0v) is 15.8. The van der Waals surface area contributed by atoms with Crippen LogP contribution in [-0.2, 0) is 9.59 Å². The van der Waals surface area contributed by atoms with Gasteiger partial charge in [0, 0.05) is 0 Å². The molecule has 2 amide bonds. The largest absolute Gasteiger partial charge is 0.493 e. The molecule has 1 fully saturated rings. The van der Waals surface area contributed by atoms with Crippen LogP contribution in [0, 0.1) is 6.92 Å². The lowest BCUT2D eigenvalue weighted by Gasteiger charge is -2.14. The molecule has 0 radical (unpaired) electrons. The quantitative estimate of drug-likeness (QED) is 0.652. The van der Waals surface area contributed by atoms with Crippen molar-refractivity contribution in [2.24, 2.45) is 0 Å². The SMILES string of the molecule is COc1cc(C=C2C(=O)NN(c3ccc(C)cc3)C2=O)ccc1OC(C)C. The first-order valence-electron chi connectivity index (χ1n) is 8.67. The van der Waals surface area contributed by atoms with E-state index in [2.05, 4.69) is 5.43 Å². The van der Waals surface area contributed by atoms with Gasteiger partial charge in [0.05, 0.1) is 18.9 Å². The standard InChI is InChI=1S/C21H22N2O4/c1-13(2)27-18-10-7-15(12-19(18)26-4)11-17-20(24)22-23(21(17)25)16-8-5-14(3)6-9-16/h5-13H,1-4H3,(H,22,24). The highest BCUT2D eigenvalue weighted by Gasteiger charge is 2.34. The van der Waals surface area contributed by atoms with Gasteiger partial charge in [-0.3, -0.25) is 15.0 Å². The second kappa shape index (κ2) is 7.53. The van der Waals surface area contributed by atoms with E-state index < -0.39 is 11.8 Å². The summed E-state index contributed by atoms with van der Waals surface area (Å²) in [4.78, 5) is 25.0. The summed E-state index contributed by atoms with van der Waals surface area (Å²) in [5.74, 6) is 0.310. The van der Waals surface area contributed by atoms with Crippen molar-refractivity contribution in [3.63, 3.8) is 0 Å². The molecule has 0 unspecified atom stereocenters. The molecule has 3 rings (SSSR count). The molecular weight excluding hydrogens is 344 g/mol. The molecule has 2 aromatic rings. The monoisotopic (exact) mass is 366 g/mol. The molecule has 6 heteroatoms. The lowest BCUT2D eigenvalue weighted by molar-refractivity contribution is -0.117. The third-order valence-electron chi connectivity index (χ3n) is 4.04. The van der Waals surface area contributed by atoms with Crippen LogP contribution in [-0.4, -0.2) is 25.0 Å². The Labute approximate surface area is 158 Å². The number of methoxy groups -OCH3 is 1. The van der Waals surface area contributed by atoms with Gasteiger partial charge in [0.15, 0.2) is 11.5 Å². The van der Waals surface area contributed by atoms with Crippen molar-refractivity contribution in [2.45, 2.75) is 26.9 Å². The summed E-state index contributed by atoms with van der Waals surface area (Å²) in [5, 5.41) is 1.25. The van der Waals surface area contributed by atoms with Gasteiger partial charge in [0.25, 0.3) is 11.8 Å². The Hall–Kier alpha value is -3.28. The number of nitrogens with one attached hydrogen (secondary N) is 1. The molecule has 2 aromatic carbocycles. The molecule has 1 aliphatic rings. The van der Waals surface area contributed by atoms with Crippen molar-refractivity contribution in [3.8, 4) is 11.5 Å². The second-order valence-corrected chi connectivity index (χ2v) is 6.55. The number of amides is 2. The third-order valence-corrected chi connectivity index (χ3v) is 4.04. The van der Waals surface area contributed by atoms with Crippen molar-refractivity contribution >= 4 is 23.6 Å². The van der Waals surface area contributed by atoms with E-state index in [0.717, 1.165) is 5.56 Å². The number of hydrazine groups is 1. The number of carbonyl (C=O) groups is 2.